The molecule has 2 amide bonds. The lowest BCUT2D eigenvalue weighted by atomic mass is 10.1. The number of nitrogens with one attached hydrogen (secondary N) is 1. The van der Waals surface area contributed by atoms with Gasteiger partial charge in [0.1, 0.15) is 0 Å². The maximum absolute atomic E-state index is 12.9. The minimum Gasteiger partial charge on any atom is -0.319 e. The predicted molar refractivity (Wildman–Crippen MR) is 102 cm³/mol. The number of rotatable bonds is 4. The third-order valence-electron chi connectivity index (χ3n) is 5.60. The SMILES string of the molecule is CCC1CN2CCCC2CN1C(=O)Nc1cnn(Cc2ccccc2)c1. The molecule has 138 valence electrons. The van der Waals surface area contributed by atoms with Crippen LogP contribution in [0.15, 0.2) is 42.7 Å². The molecule has 2 unspecified atom stereocenters. The van der Waals surface area contributed by atoms with E-state index in [0.717, 1.165) is 25.2 Å². The van der Waals surface area contributed by atoms with Crippen LogP contribution >= 0.6 is 0 Å². The van der Waals surface area contributed by atoms with Crippen LogP contribution in [0.3, 0.4) is 0 Å². The normalized spacial score (nSPS) is 23.0. The van der Waals surface area contributed by atoms with Crippen LogP contribution in [-0.4, -0.2) is 57.3 Å². The number of carbonyl (C=O) groups is 1. The molecule has 1 aromatic heterocycles. The van der Waals surface area contributed by atoms with E-state index in [9.17, 15) is 4.79 Å². The monoisotopic (exact) mass is 353 g/mol. The minimum atomic E-state index is 0.00246. The van der Waals surface area contributed by atoms with Crippen LogP contribution in [0.1, 0.15) is 31.7 Å². The first-order valence-electron chi connectivity index (χ1n) is 9.61. The van der Waals surface area contributed by atoms with Crippen molar-refractivity contribution in [1.82, 2.24) is 19.6 Å². The molecule has 1 aromatic carbocycles. The molecule has 6 heteroatoms. The Balaban J connectivity index is 1.39. The maximum Gasteiger partial charge on any atom is 0.322 e. The van der Waals surface area contributed by atoms with Crippen LogP contribution in [0.5, 0.6) is 0 Å². The first-order chi connectivity index (χ1) is 12.7. The van der Waals surface area contributed by atoms with Crippen LogP contribution in [0.4, 0.5) is 10.5 Å². The number of hydrogen-bond acceptors (Lipinski definition) is 3. The molecule has 2 atom stereocenters. The number of aromatic nitrogens is 2. The van der Waals surface area contributed by atoms with Crippen molar-refractivity contribution in [2.75, 3.05) is 25.0 Å². The number of carbonyl (C=O) groups excluding carboxylic acids is 1. The summed E-state index contributed by atoms with van der Waals surface area (Å²) < 4.78 is 1.86. The van der Waals surface area contributed by atoms with Crippen LogP contribution < -0.4 is 5.32 Å². The summed E-state index contributed by atoms with van der Waals surface area (Å²) >= 11 is 0. The molecule has 0 aliphatic carbocycles. The van der Waals surface area contributed by atoms with E-state index in [1.165, 1.54) is 24.9 Å². The Labute approximate surface area is 154 Å². The molecule has 0 saturated carbocycles. The van der Waals surface area contributed by atoms with Crippen LogP contribution in [0.25, 0.3) is 0 Å². The van der Waals surface area contributed by atoms with Gasteiger partial charge >= 0.3 is 6.03 Å². The summed E-state index contributed by atoms with van der Waals surface area (Å²) in [4.78, 5) is 17.4. The standard InChI is InChI=1S/C20H27N5O/c1-2-18-14-23-10-6-9-19(23)15-25(18)20(26)22-17-11-21-24(13-17)12-16-7-4-3-5-8-16/h3-5,7-8,11,13,18-19H,2,6,9-10,12,14-15H2,1H3,(H,22,26). The van der Waals surface area contributed by atoms with E-state index >= 15 is 0 Å². The van der Waals surface area contributed by atoms with Gasteiger partial charge in [-0.25, -0.2) is 4.79 Å². The zero-order valence-corrected chi connectivity index (χ0v) is 15.3. The molecule has 1 N–H and O–H groups in total. The van der Waals surface area contributed by atoms with Crippen molar-refractivity contribution >= 4 is 11.7 Å². The van der Waals surface area contributed by atoms with Gasteiger partial charge in [-0.15, -0.1) is 0 Å². The Kier molecular flexibility index (Phi) is 4.93. The lowest BCUT2D eigenvalue weighted by Gasteiger charge is -2.43. The molecule has 0 radical (unpaired) electrons. The molecule has 26 heavy (non-hydrogen) atoms. The van der Waals surface area contributed by atoms with Gasteiger partial charge in [-0.3, -0.25) is 9.58 Å². The van der Waals surface area contributed by atoms with Crippen molar-refractivity contribution in [2.45, 2.75) is 44.8 Å². The molecule has 2 aliphatic heterocycles. The van der Waals surface area contributed by atoms with Crippen LogP contribution in [0.2, 0.25) is 0 Å². The quantitative estimate of drug-likeness (QED) is 0.919. The van der Waals surface area contributed by atoms with Crippen LogP contribution in [0, 0.1) is 0 Å². The van der Waals surface area contributed by atoms with E-state index in [2.05, 4.69) is 34.4 Å². The van der Waals surface area contributed by atoms with Gasteiger partial charge in [0.05, 0.1) is 18.4 Å². The van der Waals surface area contributed by atoms with E-state index < -0.39 is 0 Å². The van der Waals surface area contributed by atoms with E-state index in [4.69, 9.17) is 0 Å². The fourth-order valence-electron chi connectivity index (χ4n) is 4.17. The summed E-state index contributed by atoms with van der Waals surface area (Å²) in [5.41, 5.74) is 1.95. The molecule has 4 rings (SSSR count). The Morgan fingerprint density at radius 1 is 1.27 bits per heavy atom. The molecule has 2 aliphatic rings. The predicted octanol–water partition coefficient (Wildman–Crippen LogP) is 3.02. The van der Waals surface area contributed by atoms with Gasteiger partial charge < -0.3 is 10.2 Å². The number of urea groups is 1. The van der Waals surface area contributed by atoms with Crippen molar-refractivity contribution in [3.63, 3.8) is 0 Å². The van der Waals surface area contributed by atoms with E-state index in [0.29, 0.717) is 18.6 Å². The molecule has 6 nitrogen and oxygen atoms in total. The highest BCUT2D eigenvalue weighted by Gasteiger charge is 2.37. The van der Waals surface area contributed by atoms with Crippen molar-refractivity contribution < 1.29 is 4.79 Å². The van der Waals surface area contributed by atoms with Gasteiger partial charge in [0, 0.05) is 31.4 Å². The Morgan fingerprint density at radius 3 is 2.92 bits per heavy atom. The summed E-state index contributed by atoms with van der Waals surface area (Å²) in [7, 11) is 0. The van der Waals surface area contributed by atoms with Crippen molar-refractivity contribution in [1.29, 1.82) is 0 Å². The Hall–Kier alpha value is -2.34. The van der Waals surface area contributed by atoms with Crippen molar-refractivity contribution in [3.8, 4) is 0 Å². The third-order valence-corrected chi connectivity index (χ3v) is 5.60. The van der Waals surface area contributed by atoms with Crippen molar-refractivity contribution in [2.24, 2.45) is 0 Å². The molecule has 2 saturated heterocycles. The van der Waals surface area contributed by atoms with Crippen molar-refractivity contribution in [3.05, 3.63) is 48.3 Å². The molecule has 3 heterocycles. The first-order valence-corrected chi connectivity index (χ1v) is 9.61. The second-order valence-electron chi connectivity index (χ2n) is 7.35. The summed E-state index contributed by atoms with van der Waals surface area (Å²) in [6.07, 6.45) is 7.08. The summed E-state index contributed by atoms with van der Waals surface area (Å²) in [6.45, 7) is 5.89. The topological polar surface area (TPSA) is 53.4 Å². The first kappa shape index (κ1) is 17.1. The van der Waals surface area contributed by atoms with Gasteiger partial charge in [0.15, 0.2) is 0 Å². The second-order valence-corrected chi connectivity index (χ2v) is 7.35. The Morgan fingerprint density at radius 2 is 2.12 bits per heavy atom. The number of nitrogens with zero attached hydrogens (tertiary/aromatic N) is 4. The second kappa shape index (κ2) is 7.50. The summed E-state index contributed by atoms with van der Waals surface area (Å²) in [5.74, 6) is 0. The fourth-order valence-corrected chi connectivity index (χ4v) is 4.17. The van der Waals surface area contributed by atoms with Gasteiger partial charge in [0.25, 0.3) is 0 Å². The molecule has 0 bridgehead atoms. The van der Waals surface area contributed by atoms with Gasteiger partial charge in [-0.05, 0) is 31.4 Å². The molecular formula is C20H27N5O. The zero-order valence-electron chi connectivity index (χ0n) is 15.3. The lowest BCUT2D eigenvalue weighted by molar-refractivity contribution is 0.0767. The maximum atomic E-state index is 12.9. The van der Waals surface area contributed by atoms with E-state index in [-0.39, 0.29) is 6.03 Å². The van der Waals surface area contributed by atoms with E-state index in [1.807, 2.05) is 34.0 Å². The molecule has 2 fully saturated rings. The smallest absolute Gasteiger partial charge is 0.319 e. The Bertz CT molecular complexity index is 744. The minimum absolute atomic E-state index is 0.00246. The summed E-state index contributed by atoms with van der Waals surface area (Å²) in [6, 6.07) is 11.0. The third kappa shape index (κ3) is 3.60. The highest BCUT2D eigenvalue weighted by Crippen LogP contribution is 2.26. The number of fused-ring (bicyclic) bond motifs is 1. The largest absolute Gasteiger partial charge is 0.322 e. The number of hydrogen-bond donors (Lipinski definition) is 1. The molecular weight excluding hydrogens is 326 g/mol. The van der Waals surface area contributed by atoms with E-state index in [1.54, 1.807) is 6.20 Å². The average Bonchev–Trinajstić information content (AvgIpc) is 3.30. The van der Waals surface area contributed by atoms with Gasteiger partial charge in [-0.1, -0.05) is 37.3 Å². The highest BCUT2D eigenvalue weighted by molar-refractivity contribution is 5.89. The van der Waals surface area contributed by atoms with Crippen LogP contribution in [-0.2, 0) is 6.54 Å². The molecule has 2 aromatic rings. The number of benzene rings is 1. The number of piperazine rings is 1. The number of anilines is 1. The molecule has 0 spiro atoms. The summed E-state index contributed by atoms with van der Waals surface area (Å²) in [5, 5.41) is 7.42. The highest BCUT2D eigenvalue weighted by atomic mass is 16.2. The zero-order chi connectivity index (χ0) is 17.9. The van der Waals surface area contributed by atoms with Gasteiger partial charge in [-0.2, -0.15) is 5.10 Å². The average molecular weight is 353 g/mol. The fraction of sp³-hybridized carbons (Fsp3) is 0.500. The lowest BCUT2D eigenvalue weighted by Crippen LogP contribution is -2.58. The van der Waals surface area contributed by atoms with Gasteiger partial charge in [0.2, 0.25) is 0 Å². The number of amides is 2.